The largest absolute Gasteiger partial charge is 0.383 e. The van der Waals surface area contributed by atoms with Crippen LogP contribution in [0.4, 0.5) is 0 Å². The average Bonchev–Trinajstić information content (AvgIpc) is 2.29. The molecule has 1 aliphatic heterocycles. The van der Waals surface area contributed by atoms with Crippen LogP contribution in [0.2, 0.25) is 0 Å². The minimum atomic E-state index is -0.0380. The molecule has 1 saturated heterocycles. The molecular weight excluding hydrogens is 194 g/mol. The van der Waals surface area contributed by atoms with Crippen LogP contribution in [0.25, 0.3) is 0 Å². The molecule has 1 amide bonds. The van der Waals surface area contributed by atoms with Crippen LogP contribution >= 0.6 is 0 Å². The van der Waals surface area contributed by atoms with Crippen LogP contribution in [0.3, 0.4) is 0 Å². The summed E-state index contributed by atoms with van der Waals surface area (Å²) in [5, 5.41) is 6.12. The maximum absolute atomic E-state index is 11.7. The minimum Gasteiger partial charge on any atom is -0.383 e. The molecule has 5 nitrogen and oxygen atoms in total. The molecule has 1 heterocycles. The van der Waals surface area contributed by atoms with Crippen molar-refractivity contribution in [2.75, 3.05) is 46.4 Å². The third-order valence-electron chi connectivity index (χ3n) is 2.68. The van der Waals surface area contributed by atoms with E-state index < -0.39 is 0 Å². The first-order chi connectivity index (χ1) is 7.25. The van der Waals surface area contributed by atoms with E-state index in [9.17, 15) is 4.79 Å². The molecule has 1 rings (SSSR count). The molecule has 5 heteroatoms. The molecule has 0 aliphatic carbocycles. The van der Waals surface area contributed by atoms with Gasteiger partial charge in [-0.1, -0.05) is 0 Å². The molecule has 1 atom stereocenters. The van der Waals surface area contributed by atoms with Crippen molar-refractivity contribution >= 4 is 5.91 Å². The smallest absolute Gasteiger partial charge is 0.237 e. The normalized spacial score (nSPS) is 19.9. The highest BCUT2D eigenvalue weighted by atomic mass is 16.5. The van der Waals surface area contributed by atoms with E-state index >= 15 is 0 Å². The summed E-state index contributed by atoms with van der Waals surface area (Å²) in [6, 6.07) is -0.0380. The van der Waals surface area contributed by atoms with Gasteiger partial charge in [-0.05, 0) is 6.92 Å². The van der Waals surface area contributed by atoms with Crippen molar-refractivity contribution in [2.24, 2.45) is 0 Å². The highest BCUT2D eigenvalue weighted by Crippen LogP contribution is 2.00. The van der Waals surface area contributed by atoms with E-state index in [0.717, 1.165) is 26.2 Å². The van der Waals surface area contributed by atoms with Crippen LogP contribution in [0.15, 0.2) is 0 Å². The highest BCUT2D eigenvalue weighted by molar-refractivity contribution is 5.81. The lowest BCUT2D eigenvalue weighted by atomic mass is 10.2. The predicted octanol–water partition coefficient (Wildman–Crippen LogP) is -0.957. The number of nitrogens with zero attached hydrogens (tertiary/aromatic N) is 1. The van der Waals surface area contributed by atoms with Gasteiger partial charge in [0.25, 0.3) is 0 Å². The summed E-state index contributed by atoms with van der Waals surface area (Å²) < 4.78 is 4.88. The van der Waals surface area contributed by atoms with Crippen molar-refractivity contribution in [3.63, 3.8) is 0 Å². The molecule has 0 aromatic carbocycles. The maximum Gasteiger partial charge on any atom is 0.237 e. The summed E-state index contributed by atoms with van der Waals surface area (Å²) >= 11 is 0. The topological polar surface area (TPSA) is 53.6 Å². The summed E-state index contributed by atoms with van der Waals surface area (Å²) in [7, 11) is 1.63. The predicted molar refractivity (Wildman–Crippen MR) is 58.8 cm³/mol. The zero-order valence-corrected chi connectivity index (χ0v) is 9.58. The monoisotopic (exact) mass is 215 g/mol. The summed E-state index contributed by atoms with van der Waals surface area (Å²) in [6.07, 6.45) is 0. The lowest BCUT2D eigenvalue weighted by Crippen LogP contribution is -2.52. The Morgan fingerprint density at radius 2 is 2.20 bits per heavy atom. The molecule has 0 aromatic heterocycles. The van der Waals surface area contributed by atoms with E-state index in [1.54, 1.807) is 7.11 Å². The molecule has 0 spiro atoms. The Balaban J connectivity index is 2.24. The molecule has 0 aromatic rings. The van der Waals surface area contributed by atoms with Crippen molar-refractivity contribution in [3.8, 4) is 0 Å². The van der Waals surface area contributed by atoms with E-state index in [-0.39, 0.29) is 11.9 Å². The first-order valence-corrected chi connectivity index (χ1v) is 5.47. The molecule has 1 fully saturated rings. The fourth-order valence-electron chi connectivity index (χ4n) is 1.66. The Morgan fingerprint density at radius 1 is 1.53 bits per heavy atom. The highest BCUT2D eigenvalue weighted by Gasteiger charge is 2.21. The van der Waals surface area contributed by atoms with Gasteiger partial charge in [0.05, 0.1) is 12.6 Å². The van der Waals surface area contributed by atoms with Gasteiger partial charge in [-0.25, -0.2) is 0 Å². The summed E-state index contributed by atoms with van der Waals surface area (Å²) in [5.74, 6) is 0.0916. The van der Waals surface area contributed by atoms with Gasteiger partial charge < -0.3 is 15.4 Å². The van der Waals surface area contributed by atoms with Crippen molar-refractivity contribution in [2.45, 2.75) is 13.0 Å². The first-order valence-electron chi connectivity index (χ1n) is 5.47. The summed E-state index contributed by atoms with van der Waals surface area (Å²) in [4.78, 5) is 13.9. The Bertz CT molecular complexity index is 193. The van der Waals surface area contributed by atoms with E-state index in [0.29, 0.717) is 13.2 Å². The van der Waals surface area contributed by atoms with Gasteiger partial charge in [-0.15, -0.1) is 0 Å². The number of rotatable bonds is 5. The van der Waals surface area contributed by atoms with Gasteiger partial charge in [0, 0.05) is 39.8 Å². The first kappa shape index (κ1) is 12.4. The standard InChI is InChI=1S/C10H21N3O2/c1-9(10(14)12-5-8-15-2)13-6-3-11-4-7-13/h9,11H,3-8H2,1-2H3,(H,12,14)/t9-/m0/s1. The summed E-state index contributed by atoms with van der Waals surface area (Å²) in [5.41, 5.74) is 0. The van der Waals surface area contributed by atoms with Gasteiger partial charge in [0.15, 0.2) is 0 Å². The quantitative estimate of drug-likeness (QED) is 0.580. The van der Waals surface area contributed by atoms with E-state index in [2.05, 4.69) is 15.5 Å². The fourth-order valence-corrected chi connectivity index (χ4v) is 1.66. The Kier molecular flexibility index (Phi) is 5.60. The van der Waals surface area contributed by atoms with Gasteiger partial charge in [0.2, 0.25) is 5.91 Å². The number of piperazine rings is 1. The fraction of sp³-hybridized carbons (Fsp3) is 0.900. The Labute approximate surface area is 91.2 Å². The van der Waals surface area contributed by atoms with E-state index in [4.69, 9.17) is 4.74 Å². The van der Waals surface area contributed by atoms with Crippen molar-refractivity contribution in [1.82, 2.24) is 15.5 Å². The third kappa shape index (κ3) is 4.15. The van der Waals surface area contributed by atoms with Gasteiger partial charge in [0.1, 0.15) is 0 Å². The number of amides is 1. The molecule has 0 bridgehead atoms. The Morgan fingerprint density at radius 3 is 2.80 bits per heavy atom. The second-order valence-corrected chi connectivity index (χ2v) is 3.75. The number of hydrogen-bond acceptors (Lipinski definition) is 4. The van der Waals surface area contributed by atoms with Crippen molar-refractivity contribution in [3.05, 3.63) is 0 Å². The number of methoxy groups -OCH3 is 1. The van der Waals surface area contributed by atoms with E-state index in [1.807, 2.05) is 6.92 Å². The molecule has 15 heavy (non-hydrogen) atoms. The molecule has 0 saturated carbocycles. The molecule has 2 N–H and O–H groups in total. The molecule has 0 radical (unpaired) electrons. The lowest BCUT2D eigenvalue weighted by molar-refractivity contribution is -0.126. The second-order valence-electron chi connectivity index (χ2n) is 3.75. The molecule has 0 unspecified atom stereocenters. The molecule has 1 aliphatic rings. The Hall–Kier alpha value is -0.650. The van der Waals surface area contributed by atoms with Gasteiger partial charge >= 0.3 is 0 Å². The van der Waals surface area contributed by atoms with Crippen LogP contribution in [-0.2, 0) is 9.53 Å². The second kappa shape index (κ2) is 6.76. The minimum absolute atomic E-state index is 0.0380. The molecular formula is C10H21N3O2. The van der Waals surface area contributed by atoms with Crippen LogP contribution in [0.5, 0.6) is 0 Å². The maximum atomic E-state index is 11.7. The van der Waals surface area contributed by atoms with E-state index in [1.165, 1.54) is 0 Å². The van der Waals surface area contributed by atoms with Gasteiger partial charge in [-0.3, -0.25) is 9.69 Å². The van der Waals surface area contributed by atoms with Crippen molar-refractivity contribution in [1.29, 1.82) is 0 Å². The van der Waals surface area contributed by atoms with Crippen LogP contribution in [-0.4, -0.2) is 63.3 Å². The number of nitrogens with one attached hydrogen (secondary N) is 2. The van der Waals surface area contributed by atoms with Crippen LogP contribution in [0, 0.1) is 0 Å². The third-order valence-corrected chi connectivity index (χ3v) is 2.68. The van der Waals surface area contributed by atoms with Crippen LogP contribution < -0.4 is 10.6 Å². The van der Waals surface area contributed by atoms with Gasteiger partial charge in [-0.2, -0.15) is 0 Å². The number of carbonyl (C=O) groups excluding carboxylic acids is 1. The number of carbonyl (C=O) groups is 1. The zero-order chi connectivity index (χ0) is 11.1. The van der Waals surface area contributed by atoms with Crippen LogP contribution in [0.1, 0.15) is 6.92 Å². The number of hydrogen-bond donors (Lipinski definition) is 2. The SMILES string of the molecule is COCCNC(=O)[C@H](C)N1CCNCC1. The molecule has 88 valence electrons. The average molecular weight is 215 g/mol. The zero-order valence-electron chi connectivity index (χ0n) is 9.58. The lowest BCUT2D eigenvalue weighted by Gasteiger charge is -2.31. The number of ether oxygens (including phenoxy) is 1. The summed E-state index contributed by atoms with van der Waals surface area (Å²) in [6.45, 7) is 6.93. The van der Waals surface area contributed by atoms with Crippen molar-refractivity contribution < 1.29 is 9.53 Å².